The van der Waals surface area contributed by atoms with Gasteiger partial charge in [-0.25, -0.2) is 0 Å². The van der Waals surface area contributed by atoms with Crippen LogP contribution in [-0.2, 0) is 9.53 Å². The van der Waals surface area contributed by atoms with E-state index >= 15 is 0 Å². The second kappa shape index (κ2) is 12.2. The molecule has 1 aliphatic carbocycles. The molecule has 0 radical (unpaired) electrons. The second-order valence-electron chi connectivity index (χ2n) is 7.52. The number of likely N-dealkylation sites (tertiary alicyclic amines) is 1. The molecule has 26 heavy (non-hydrogen) atoms. The fourth-order valence-corrected chi connectivity index (χ4v) is 3.80. The highest BCUT2D eigenvalue weighted by molar-refractivity contribution is 5.80. The first-order valence-electron chi connectivity index (χ1n) is 10.7. The molecule has 1 saturated carbocycles. The third-order valence-electron chi connectivity index (χ3n) is 5.22. The fraction of sp³-hybridized carbons (Fsp3) is 0.900. The lowest BCUT2D eigenvalue weighted by atomic mass is 10.1. The molecule has 1 aliphatic heterocycles. The number of carbonyl (C=O) groups excluding carboxylic acids is 1. The van der Waals surface area contributed by atoms with E-state index in [1.54, 1.807) is 0 Å². The van der Waals surface area contributed by atoms with Gasteiger partial charge in [0.1, 0.15) is 6.10 Å². The molecule has 0 amide bonds. The van der Waals surface area contributed by atoms with Crippen LogP contribution in [-0.4, -0.2) is 61.7 Å². The van der Waals surface area contributed by atoms with Gasteiger partial charge in [0.2, 0.25) is 0 Å². The van der Waals surface area contributed by atoms with Gasteiger partial charge in [0.05, 0.1) is 0 Å². The smallest absolute Gasteiger partial charge is 0.306 e. The van der Waals surface area contributed by atoms with Crippen molar-refractivity contribution in [1.82, 2.24) is 15.5 Å². The molecule has 0 unspecified atom stereocenters. The predicted molar refractivity (Wildman–Crippen MR) is 106 cm³/mol. The van der Waals surface area contributed by atoms with Crippen LogP contribution in [0.2, 0.25) is 0 Å². The van der Waals surface area contributed by atoms with E-state index in [4.69, 9.17) is 4.74 Å². The van der Waals surface area contributed by atoms with Crippen molar-refractivity contribution in [2.24, 2.45) is 4.99 Å². The Labute approximate surface area is 159 Å². The first-order valence-corrected chi connectivity index (χ1v) is 10.7. The predicted octanol–water partition coefficient (Wildman–Crippen LogP) is 2.68. The summed E-state index contributed by atoms with van der Waals surface area (Å²) >= 11 is 0. The number of nitrogens with zero attached hydrogens (tertiary/aromatic N) is 2. The van der Waals surface area contributed by atoms with Crippen LogP contribution < -0.4 is 10.6 Å². The summed E-state index contributed by atoms with van der Waals surface area (Å²) in [6.07, 6.45) is 9.40. The van der Waals surface area contributed by atoms with Crippen molar-refractivity contribution in [3.05, 3.63) is 0 Å². The van der Waals surface area contributed by atoms with E-state index in [1.165, 1.54) is 25.8 Å². The largest absolute Gasteiger partial charge is 0.462 e. The van der Waals surface area contributed by atoms with Crippen molar-refractivity contribution in [2.45, 2.75) is 83.8 Å². The van der Waals surface area contributed by atoms with Crippen molar-refractivity contribution in [2.75, 3.05) is 32.7 Å². The Morgan fingerprint density at radius 1 is 1.15 bits per heavy atom. The molecular formula is C20H38N4O2. The maximum absolute atomic E-state index is 11.9. The zero-order chi connectivity index (χ0) is 18.6. The Bertz CT molecular complexity index is 428. The van der Waals surface area contributed by atoms with Crippen molar-refractivity contribution < 1.29 is 9.53 Å². The maximum atomic E-state index is 11.9. The van der Waals surface area contributed by atoms with E-state index in [0.717, 1.165) is 57.7 Å². The van der Waals surface area contributed by atoms with Gasteiger partial charge >= 0.3 is 5.97 Å². The first-order chi connectivity index (χ1) is 12.7. The molecule has 6 nitrogen and oxygen atoms in total. The van der Waals surface area contributed by atoms with Crippen molar-refractivity contribution in [3.8, 4) is 0 Å². The summed E-state index contributed by atoms with van der Waals surface area (Å²) in [4.78, 5) is 19.0. The molecule has 0 aromatic heterocycles. The molecule has 6 heteroatoms. The Morgan fingerprint density at radius 3 is 2.54 bits per heavy atom. The lowest BCUT2D eigenvalue weighted by Crippen LogP contribution is -2.48. The van der Waals surface area contributed by atoms with E-state index in [-0.39, 0.29) is 12.1 Å². The average molecular weight is 367 g/mol. The fourth-order valence-electron chi connectivity index (χ4n) is 3.80. The SMILES string of the molecule is CCCN1CCC(NC(=NCCCC(=O)OC2CCCC2)NCC)CC1. The van der Waals surface area contributed by atoms with Crippen LogP contribution in [0, 0.1) is 0 Å². The van der Waals surface area contributed by atoms with Crippen molar-refractivity contribution in [3.63, 3.8) is 0 Å². The third-order valence-corrected chi connectivity index (χ3v) is 5.22. The topological polar surface area (TPSA) is 66.0 Å². The molecular weight excluding hydrogens is 328 g/mol. The van der Waals surface area contributed by atoms with Gasteiger partial charge < -0.3 is 20.3 Å². The Hall–Kier alpha value is -1.30. The summed E-state index contributed by atoms with van der Waals surface area (Å²) in [5.41, 5.74) is 0. The molecule has 0 bridgehead atoms. The number of piperidine rings is 1. The zero-order valence-electron chi connectivity index (χ0n) is 16.8. The Morgan fingerprint density at radius 2 is 1.88 bits per heavy atom. The standard InChI is InChI=1S/C20H38N4O2/c1-3-14-24-15-11-17(12-16-24)23-20(21-4-2)22-13-7-10-19(25)26-18-8-5-6-9-18/h17-18H,3-16H2,1-2H3,(H2,21,22,23). The van der Waals surface area contributed by atoms with Gasteiger partial charge in [0, 0.05) is 38.6 Å². The molecule has 2 rings (SSSR count). The number of esters is 1. The summed E-state index contributed by atoms with van der Waals surface area (Å²) in [5.74, 6) is 0.818. The lowest BCUT2D eigenvalue weighted by molar-refractivity contribution is -0.148. The van der Waals surface area contributed by atoms with Crippen LogP contribution >= 0.6 is 0 Å². The second-order valence-corrected chi connectivity index (χ2v) is 7.52. The summed E-state index contributed by atoms with van der Waals surface area (Å²) in [6, 6.07) is 0.494. The van der Waals surface area contributed by atoms with E-state index in [2.05, 4.69) is 34.4 Å². The van der Waals surface area contributed by atoms with Crippen LogP contribution in [0.4, 0.5) is 0 Å². The number of guanidine groups is 1. The van der Waals surface area contributed by atoms with Gasteiger partial charge in [-0.3, -0.25) is 9.79 Å². The first kappa shape index (κ1) is 21.0. The minimum Gasteiger partial charge on any atom is -0.462 e. The van der Waals surface area contributed by atoms with Crippen LogP contribution in [0.15, 0.2) is 4.99 Å². The summed E-state index contributed by atoms with van der Waals surface area (Å²) in [7, 11) is 0. The quantitative estimate of drug-likeness (QED) is 0.284. The molecule has 0 aromatic carbocycles. The highest BCUT2D eigenvalue weighted by atomic mass is 16.5. The molecule has 0 aromatic rings. The third kappa shape index (κ3) is 7.94. The monoisotopic (exact) mass is 366 g/mol. The minimum absolute atomic E-state index is 0.0617. The van der Waals surface area contributed by atoms with Gasteiger partial charge in [-0.1, -0.05) is 6.92 Å². The molecule has 0 spiro atoms. The number of ether oxygens (including phenoxy) is 1. The van der Waals surface area contributed by atoms with Gasteiger partial charge in [-0.05, 0) is 64.8 Å². The Balaban J connectivity index is 1.65. The van der Waals surface area contributed by atoms with Gasteiger partial charge in [-0.15, -0.1) is 0 Å². The van der Waals surface area contributed by atoms with Crippen molar-refractivity contribution in [1.29, 1.82) is 0 Å². The van der Waals surface area contributed by atoms with Gasteiger partial charge in [0.25, 0.3) is 0 Å². The van der Waals surface area contributed by atoms with E-state index < -0.39 is 0 Å². The summed E-state index contributed by atoms with van der Waals surface area (Å²) < 4.78 is 5.49. The summed E-state index contributed by atoms with van der Waals surface area (Å²) in [5, 5.41) is 6.88. The molecule has 0 atom stereocenters. The highest BCUT2D eigenvalue weighted by Gasteiger charge is 2.20. The molecule has 2 fully saturated rings. The van der Waals surface area contributed by atoms with Crippen LogP contribution in [0.25, 0.3) is 0 Å². The van der Waals surface area contributed by atoms with Gasteiger partial charge in [0.15, 0.2) is 5.96 Å². The average Bonchev–Trinajstić information content (AvgIpc) is 3.13. The Kier molecular flexibility index (Phi) is 9.82. The van der Waals surface area contributed by atoms with E-state index in [1.807, 2.05) is 0 Å². The molecule has 2 aliphatic rings. The number of hydrogen-bond donors (Lipinski definition) is 2. The van der Waals surface area contributed by atoms with Crippen LogP contribution in [0.1, 0.15) is 71.6 Å². The molecule has 150 valence electrons. The number of aliphatic imine (C=N–C) groups is 1. The van der Waals surface area contributed by atoms with Crippen molar-refractivity contribution >= 4 is 11.9 Å². The highest BCUT2D eigenvalue weighted by Crippen LogP contribution is 2.21. The normalized spacial score (nSPS) is 20.3. The molecule has 1 heterocycles. The summed E-state index contributed by atoms with van der Waals surface area (Å²) in [6.45, 7) is 9.37. The molecule has 2 N–H and O–H groups in total. The number of rotatable bonds is 9. The number of carbonyl (C=O) groups is 1. The van der Waals surface area contributed by atoms with Crippen LogP contribution in [0.5, 0.6) is 0 Å². The zero-order valence-corrected chi connectivity index (χ0v) is 16.8. The van der Waals surface area contributed by atoms with E-state index in [0.29, 0.717) is 19.0 Å². The van der Waals surface area contributed by atoms with Gasteiger partial charge in [-0.2, -0.15) is 0 Å². The number of hydrogen-bond acceptors (Lipinski definition) is 4. The lowest BCUT2D eigenvalue weighted by Gasteiger charge is -2.32. The minimum atomic E-state index is -0.0617. The van der Waals surface area contributed by atoms with E-state index in [9.17, 15) is 4.79 Å². The van der Waals surface area contributed by atoms with Crippen LogP contribution in [0.3, 0.4) is 0 Å². The number of nitrogens with one attached hydrogen (secondary N) is 2. The maximum Gasteiger partial charge on any atom is 0.306 e. The molecule has 1 saturated heterocycles.